The molecule has 4 nitrogen and oxygen atoms in total. The van der Waals surface area contributed by atoms with E-state index in [1.54, 1.807) is 22.6 Å². The van der Waals surface area contributed by atoms with Gasteiger partial charge in [-0.3, -0.25) is 4.68 Å². The first kappa shape index (κ1) is 7.67. The zero-order valence-electron chi connectivity index (χ0n) is 6.73. The van der Waals surface area contributed by atoms with Crippen LogP contribution in [0.5, 0.6) is 0 Å². The lowest BCUT2D eigenvalue weighted by Gasteiger charge is -2.08. The molecule has 0 bridgehead atoms. The monoisotopic (exact) mass is 183 g/mol. The standard InChI is InChI=1S/C7H9N3OS/c1-10-5-6(4-8-10)7-9-11-2-3-12-7/h4-5H,2-3H2,1H3. The highest BCUT2D eigenvalue weighted by Crippen LogP contribution is 2.16. The lowest BCUT2D eigenvalue weighted by molar-refractivity contribution is 0.160. The number of rotatable bonds is 1. The van der Waals surface area contributed by atoms with E-state index in [1.807, 2.05) is 13.2 Å². The van der Waals surface area contributed by atoms with Gasteiger partial charge in [0.1, 0.15) is 11.7 Å². The number of nitrogens with zero attached hydrogens (tertiary/aromatic N) is 3. The number of hydrogen-bond donors (Lipinski definition) is 0. The van der Waals surface area contributed by atoms with Crippen LogP contribution in [0.15, 0.2) is 17.5 Å². The average molecular weight is 183 g/mol. The zero-order chi connectivity index (χ0) is 8.39. The predicted octanol–water partition coefficient (Wildman–Crippen LogP) is 0.845. The van der Waals surface area contributed by atoms with Crippen molar-refractivity contribution in [3.05, 3.63) is 18.0 Å². The largest absolute Gasteiger partial charge is 0.394 e. The molecule has 1 aromatic rings. The molecular weight excluding hydrogens is 174 g/mol. The number of oxime groups is 1. The summed E-state index contributed by atoms with van der Waals surface area (Å²) >= 11 is 1.70. The molecule has 0 aromatic carbocycles. The Kier molecular flexibility index (Phi) is 2.03. The molecule has 0 amide bonds. The minimum atomic E-state index is 0.703. The molecule has 0 atom stereocenters. The van der Waals surface area contributed by atoms with Crippen molar-refractivity contribution in [3.8, 4) is 0 Å². The summed E-state index contributed by atoms with van der Waals surface area (Å²) in [6.07, 6.45) is 3.72. The predicted molar refractivity (Wildman–Crippen MR) is 48.2 cm³/mol. The molecule has 5 heteroatoms. The van der Waals surface area contributed by atoms with Gasteiger partial charge in [0.2, 0.25) is 0 Å². The van der Waals surface area contributed by atoms with Gasteiger partial charge in [0, 0.05) is 24.6 Å². The maximum absolute atomic E-state index is 4.98. The molecule has 0 unspecified atom stereocenters. The van der Waals surface area contributed by atoms with Gasteiger partial charge in [0.05, 0.1) is 6.20 Å². The van der Waals surface area contributed by atoms with Gasteiger partial charge in [0.15, 0.2) is 0 Å². The van der Waals surface area contributed by atoms with Crippen LogP contribution in [0.1, 0.15) is 5.56 Å². The molecule has 1 aliphatic rings. The van der Waals surface area contributed by atoms with Gasteiger partial charge in [0.25, 0.3) is 0 Å². The molecule has 2 heterocycles. The molecule has 0 aliphatic carbocycles. The zero-order valence-corrected chi connectivity index (χ0v) is 7.54. The Morgan fingerprint density at radius 1 is 1.67 bits per heavy atom. The Hall–Kier alpha value is -0.970. The summed E-state index contributed by atoms with van der Waals surface area (Å²) in [6.45, 7) is 0.703. The summed E-state index contributed by atoms with van der Waals surface area (Å²) in [5.41, 5.74) is 1.03. The van der Waals surface area contributed by atoms with E-state index in [1.165, 1.54) is 0 Å². The van der Waals surface area contributed by atoms with Gasteiger partial charge in [-0.15, -0.1) is 0 Å². The number of thioether (sulfide) groups is 1. The summed E-state index contributed by atoms with van der Waals surface area (Å²) < 4.78 is 1.76. The van der Waals surface area contributed by atoms with Crippen LogP contribution in [0.2, 0.25) is 0 Å². The topological polar surface area (TPSA) is 39.4 Å². The van der Waals surface area contributed by atoms with Crippen LogP contribution in [0.25, 0.3) is 0 Å². The average Bonchev–Trinajstić information content (AvgIpc) is 2.54. The Morgan fingerprint density at radius 3 is 3.17 bits per heavy atom. The Morgan fingerprint density at radius 2 is 2.58 bits per heavy atom. The third-order valence-corrected chi connectivity index (χ3v) is 2.47. The number of aryl methyl sites for hydroxylation is 1. The van der Waals surface area contributed by atoms with Crippen molar-refractivity contribution in [1.82, 2.24) is 9.78 Å². The summed E-state index contributed by atoms with van der Waals surface area (Å²) in [7, 11) is 1.89. The van der Waals surface area contributed by atoms with E-state index in [2.05, 4.69) is 10.3 Å². The lowest BCUT2D eigenvalue weighted by Crippen LogP contribution is -2.06. The van der Waals surface area contributed by atoms with Crippen LogP contribution < -0.4 is 0 Å². The fourth-order valence-corrected chi connectivity index (χ4v) is 1.70. The van der Waals surface area contributed by atoms with E-state index < -0.39 is 0 Å². The molecule has 0 radical (unpaired) electrons. The number of aromatic nitrogens is 2. The normalized spacial score (nSPS) is 16.9. The fourth-order valence-electron chi connectivity index (χ4n) is 0.974. The minimum Gasteiger partial charge on any atom is -0.394 e. The quantitative estimate of drug-likeness (QED) is 0.647. The van der Waals surface area contributed by atoms with E-state index in [-0.39, 0.29) is 0 Å². The smallest absolute Gasteiger partial charge is 0.146 e. The van der Waals surface area contributed by atoms with E-state index in [0.29, 0.717) is 6.61 Å². The number of hydrogen-bond acceptors (Lipinski definition) is 4. The van der Waals surface area contributed by atoms with Crippen molar-refractivity contribution in [1.29, 1.82) is 0 Å². The van der Waals surface area contributed by atoms with Gasteiger partial charge in [-0.1, -0.05) is 16.9 Å². The molecule has 0 N–H and O–H groups in total. The first-order valence-corrected chi connectivity index (χ1v) is 4.66. The second kappa shape index (κ2) is 3.18. The van der Waals surface area contributed by atoms with Crippen LogP contribution in [0.4, 0.5) is 0 Å². The van der Waals surface area contributed by atoms with E-state index in [0.717, 1.165) is 16.4 Å². The first-order chi connectivity index (χ1) is 5.86. The third-order valence-electron chi connectivity index (χ3n) is 1.51. The van der Waals surface area contributed by atoms with Gasteiger partial charge < -0.3 is 4.84 Å². The molecule has 2 rings (SSSR count). The molecule has 64 valence electrons. The molecule has 12 heavy (non-hydrogen) atoms. The van der Waals surface area contributed by atoms with Crippen LogP contribution in [0.3, 0.4) is 0 Å². The molecule has 1 aliphatic heterocycles. The Labute approximate surface area is 74.6 Å². The van der Waals surface area contributed by atoms with Gasteiger partial charge in [-0.2, -0.15) is 5.10 Å². The summed E-state index contributed by atoms with van der Waals surface area (Å²) in [4.78, 5) is 4.98. The summed E-state index contributed by atoms with van der Waals surface area (Å²) in [6, 6.07) is 0. The van der Waals surface area contributed by atoms with Crippen molar-refractivity contribution in [2.24, 2.45) is 12.2 Å². The fraction of sp³-hybridized carbons (Fsp3) is 0.429. The van der Waals surface area contributed by atoms with Gasteiger partial charge in [-0.25, -0.2) is 0 Å². The highest BCUT2D eigenvalue weighted by atomic mass is 32.2. The van der Waals surface area contributed by atoms with Gasteiger partial charge >= 0.3 is 0 Å². The van der Waals surface area contributed by atoms with Crippen LogP contribution in [-0.2, 0) is 11.9 Å². The van der Waals surface area contributed by atoms with Crippen LogP contribution in [0, 0.1) is 0 Å². The summed E-state index contributed by atoms with van der Waals surface area (Å²) in [5.74, 6) is 0.966. The van der Waals surface area contributed by atoms with Gasteiger partial charge in [-0.05, 0) is 0 Å². The van der Waals surface area contributed by atoms with Crippen molar-refractivity contribution in [2.75, 3.05) is 12.4 Å². The minimum absolute atomic E-state index is 0.703. The van der Waals surface area contributed by atoms with Crippen molar-refractivity contribution < 1.29 is 4.84 Å². The Balaban J connectivity index is 2.23. The van der Waals surface area contributed by atoms with E-state index in [4.69, 9.17) is 4.84 Å². The maximum atomic E-state index is 4.98. The van der Waals surface area contributed by atoms with E-state index >= 15 is 0 Å². The van der Waals surface area contributed by atoms with Crippen molar-refractivity contribution >= 4 is 16.8 Å². The van der Waals surface area contributed by atoms with E-state index in [9.17, 15) is 0 Å². The molecule has 0 saturated heterocycles. The van der Waals surface area contributed by atoms with Crippen molar-refractivity contribution in [3.63, 3.8) is 0 Å². The Bertz CT molecular complexity index is 307. The third kappa shape index (κ3) is 1.45. The second-order valence-corrected chi connectivity index (χ2v) is 3.56. The molecule has 0 saturated carbocycles. The molecule has 1 aromatic heterocycles. The SMILES string of the molecule is Cn1cc(C2=NOCCS2)cn1. The highest BCUT2D eigenvalue weighted by molar-refractivity contribution is 8.14. The second-order valence-electron chi connectivity index (χ2n) is 2.48. The highest BCUT2D eigenvalue weighted by Gasteiger charge is 2.10. The van der Waals surface area contributed by atoms with Crippen molar-refractivity contribution in [2.45, 2.75) is 0 Å². The molecule has 0 spiro atoms. The summed E-state index contributed by atoms with van der Waals surface area (Å²) in [5, 5.41) is 8.92. The van der Waals surface area contributed by atoms with Crippen LogP contribution >= 0.6 is 11.8 Å². The lowest BCUT2D eigenvalue weighted by atomic mass is 10.4. The molecular formula is C7H9N3OS. The molecule has 0 fully saturated rings. The maximum Gasteiger partial charge on any atom is 0.146 e. The van der Waals surface area contributed by atoms with Crippen LogP contribution in [-0.4, -0.2) is 27.2 Å². The first-order valence-electron chi connectivity index (χ1n) is 3.68.